The van der Waals surface area contributed by atoms with E-state index in [4.69, 9.17) is 23.2 Å². The number of rotatable bonds is 4. The Bertz CT molecular complexity index is 595. The Hall–Kier alpha value is -1.02. The van der Waals surface area contributed by atoms with E-state index in [9.17, 15) is 0 Å². The molecule has 106 valence electrons. The van der Waals surface area contributed by atoms with Gasteiger partial charge in [0.05, 0.1) is 0 Å². The molecule has 0 amide bonds. The number of benzene rings is 2. The first-order valence-corrected chi connectivity index (χ1v) is 7.51. The van der Waals surface area contributed by atoms with Gasteiger partial charge in [-0.1, -0.05) is 53.5 Å². The topological polar surface area (TPSA) is 12.0 Å². The summed E-state index contributed by atoms with van der Waals surface area (Å²) in [6, 6.07) is 14.5. The molecule has 0 bridgehead atoms. The minimum Gasteiger partial charge on any atom is -0.304 e. The van der Waals surface area contributed by atoms with Gasteiger partial charge >= 0.3 is 0 Å². The van der Waals surface area contributed by atoms with E-state index in [-0.39, 0.29) is 12.1 Å². The van der Waals surface area contributed by atoms with E-state index in [0.29, 0.717) is 10.0 Å². The van der Waals surface area contributed by atoms with Crippen LogP contribution in [0.1, 0.15) is 42.6 Å². The normalized spacial score (nSPS) is 14.1. The Labute approximate surface area is 130 Å². The van der Waals surface area contributed by atoms with E-state index in [2.05, 4.69) is 50.4 Å². The molecule has 0 aliphatic heterocycles. The summed E-state index contributed by atoms with van der Waals surface area (Å²) in [5.41, 5.74) is 3.67. The van der Waals surface area contributed by atoms with Crippen LogP contribution in [-0.2, 0) is 0 Å². The molecule has 0 saturated carbocycles. The van der Waals surface area contributed by atoms with Gasteiger partial charge in [-0.25, -0.2) is 0 Å². The first-order valence-electron chi connectivity index (χ1n) is 6.75. The molecule has 2 atom stereocenters. The standard InChI is InChI=1S/C17H19Cl2N/c1-11-6-4-5-7-15(11)12(2)20-13(3)16-9-8-14(18)10-17(16)19/h4-10,12-13,20H,1-3H3/t12-,13?/m1/s1. The number of hydrogen-bond donors (Lipinski definition) is 1. The number of aryl methyl sites for hydroxylation is 1. The van der Waals surface area contributed by atoms with Gasteiger partial charge in [-0.15, -0.1) is 0 Å². The molecule has 0 fully saturated rings. The quantitative estimate of drug-likeness (QED) is 0.762. The zero-order valence-electron chi connectivity index (χ0n) is 12.0. The molecule has 2 rings (SSSR count). The predicted octanol–water partition coefficient (Wildman–Crippen LogP) is 5.71. The summed E-state index contributed by atoms with van der Waals surface area (Å²) < 4.78 is 0. The lowest BCUT2D eigenvalue weighted by molar-refractivity contribution is 0.493. The van der Waals surface area contributed by atoms with Gasteiger partial charge in [0.25, 0.3) is 0 Å². The molecule has 0 spiro atoms. The average Bonchev–Trinajstić information content (AvgIpc) is 2.38. The second-order valence-electron chi connectivity index (χ2n) is 5.13. The van der Waals surface area contributed by atoms with Crippen LogP contribution in [0.3, 0.4) is 0 Å². The van der Waals surface area contributed by atoms with Gasteiger partial charge in [0.1, 0.15) is 0 Å². The molecule has 2 aromatic rings. The Morgan fingerprint density at radius 2 is 1.55 bits per heavy atom. The number of nitrogens with one attached hydrogen (secondary N) is 1. The van der Waals surface area contributed by atoms with Crippen molar-refractivity contribution in [2.45, 2.75) is 32.9 Å². The third-order valence-corrected chi connectivity index (χ3v) is 4.15. The lowest BCUT2D eigenvalue weighted by Crippen LogP contribution is -2.23. The van der Waals surface area contributed by atoms with Crippen LogP contribution >= 0.6 is 23.2 Å². The molecule has 0 aliphatic carbocycles. The molecule has 0 heterocycles. The minimum absolute atomic E-state index is 0.161. The smallest absolute Gasteiger partial charge is 0.0468 e. The third-order valence-electron chi connectivity index (χ3n) is 3.58. The van der Waals surface area contributed by atoms with Gasteiger partial charge in [0.2, 0.25) is 0 Å². The summed E-state index contributed by atoms with van der Waals surface area (Å²) in [4.78, 5) is 0. The summed E-state index contributed by atoms with van der Waals surface area (Å²) in [5.74, 6) is 0. The zero-order valence-corrected chi connectivity index (χ0v) is 13.5. The molecule has 20 heavy (non-hydrogen) atoms. The molecule has 1 unspecified atom stereocenters. The molecule has 0 radical (unpaired) electrons. The third kappa shape index (κ3) is 3.54. The fourth-order valence-electron chi connectivity index (χ4n) is 2.48. The van der Waals surface area contributed by atoms with Gasteiger partial charge < -0.3 is 5.32 Å². The Kier molecular flexibility index (Phi) is 5.09. The van der Waals surface area contributed by atoms with Crippen LogP contribution in [0.15, 0.2) is 42.5 Å². The van der Waals surface area contributed by atoms with E-state index in [0.717, 1.165) is 5.56 Å². The Morgan fingerprint density at radius 3 is 2.20 bits per heavy atom. The Morgan fingerprint density at radius 1 is 0.900 bits per heavy atom. The SMILES string of the molecule is Cc1ccccc1[C@@H](C)NC(C)c1ccc(Cl)cc1Cl. The van der Waals surface area contributed by atoms with Crippen molar-refractivity contribution in [2.75, 3.05) is 0 Å². The van der Waals surface area contributed by atoms with Crippen molar-refractivity contribution in [1.82, 2.24) is 5.32 Å². The van der Waals surface area contributed by atoms with E-state index in [1.165, 1.54) is 11.1 Å². The van der Waals surface area contributed by atoms with Crippen molar-refractivity contribution in [3.63, 3.8) is 0 Å². The van der Waals surface area contributed by atoms with Crippen molar-refractivity contribution >= 4 is 23.2 Å². The minimum atomic E-state index is 0.161. The summed E-state index contributed by atoms with van der Waals surface area (Å²) in [7, 11) is 0. The monoisotopic (exact) mass is 307 g/mol. The lowest BCUT2D eigenvalue weighted by Gasteiger charge is -2.23. The second-order valence-corrected chi connectivity index (χ2v) is 5.98. The molecule has 2 aromatic carbocycles. The first-order chi connectivity index (χ1) is 9.49. The number of halogens is 2. The molecular formula is C17H19Cl2N. The van der Waals surface area contributed by atoms with Crippen LogP contribution in [-0.4, -0.2) is 0 Å². The molecule has 0 saturated heterocycles. The van der Waals surface area contributed by atoms with Crippen LogP contribution in [0, 0.1) is 6.92 Å². The van der Waals surface area contributed by atoms with E-state index >= 15 is 0 Å². The van der Waals surface area contributed by atoms with Crippen LogP contribution in [0.4, 0.5) is 0 Å². The second kappa shape index (κ2) is 6.62. The molecule has 3 heteroatoms. The molecule has 1 N–H and O–H groups in total. The maximum absolute atomic E-state index is 6.26. The highest BCUT2D eigenvalue weighted by atomic mass is 35.5. The molecule has 0 aliphatic rings. The van der Waals surface area contributed by atoms with Crippen LogP contribution < -0.4 is 5.32 Å². The molecule has 0 aromatic heterocycles. The van der Waals surface area contributed by atoms with Crippen molar-refractivity contribution < 1.29 is 0 Å². The maximum atomic E-state index is 6.26. The fraction of sp³-hybridized carbons (Fsp3) is 0.294. The van der Waals surface area contributed by atoms with Crippen LogP contribution in [0.5, 0.6) is 0 Å². The van der Waals surface area contributed by atoms with Crippen molar-refractivity contribution in [3.05, 3.63) is 69.2 Å². The highest BCUT2D eigenvalue weighted by Crippen LogP contribution is 2.28. The maximum Gasteiger partial charge on any atom is 0.0468 e. The van der Waals surface area contributed by atoms with Gasteiger partial charge in [-0.3, -0.25) is 0 Å². The first kappa shape index (κ1) is 15.4. The van der Waals surface area contributed by atoms with Gasteiger partial charge in [-0.2, -0.15) is 0 Å². The van der Waals surface area contributed by atoms with Crippen LogP contribution in [0.25, 0.3) is 0 Å². The van der Waals surface area contributed by atoms with Gasteiger partial charge in [0, 0.05) is 22.1 Å². The summed E-state index contributed by atoms with van der Waals surface area (Å²) in [5, 5.41) is 4.95. The Balaban J connectivity index is 2.15. The summed E-state index contributed by atoms with van der Waals surface area (Å²) >= 11 is 12.2. The van der Waals surface area contributed by atoms with Crippen molar-refractivity contribution in [2.24, 2.45) is 0 Å². The van der Waals surface area contributed by atoms with Crippen molar-refractivity contribution in [1.29, 1.82) is 0 Å². The van der Waals surface area contributed by atoms with Gasteiger partial charge in [-0.05, 0) is 49.6 Å². The highest BCUT2D eigenvalue weighted by Gasteiger charge is 2.14. The summed E-state index contributed by atoms with van der Waals surface area (Å²) in [6.07, 6.45) is 0. The van der Waals surface area contributed by atoms with E-state index in [1.54, 1.807) is 6.07 Å². The van der Waals surface area contributed by atoms with E-state index < -0.39 is 0 Å². The number of hydrogen-bond acceptors (Lipinski definition) is 1. The fourth-order valence-corrected chi connectivity index (χ4v) is 3.05. The molecular weight excluding hydrogens is 289 g/mol. The molecule has 1 nitrogen and oxygen atoms in total. The zero-order chi connectivity index (χ0) is 14.7. The predicted molar refractivity (Wildman–Crippen MR) is 87.6 cm³/mol. The van der Waals surface area contributed by atoms with E-state index in [1.807, 2.05) is 12.1 Å². The largest absolute Gasteiger partial charge is 0.304 e. The summed E-state index contributed by atoms with van der Waals surface area (Å²) in [6.45, 7) is 6.42. The van der Waals surface area contributed by atoms with Crippen LogP contribution in [0.2, 0.25) is 10.0 Å². The van der Waals surface area contributed by atoms with Crippen molar-refractivity contribution in [3.8, 4) is 0 Å². The lowest BCUT2D eigenvalue weighted by atomic mass is 10.0. The van der Waals surface area contributed by atoms with Gasteiger partial charge in [0.15, 0.2) is 0 Å². The highest BCUT2D eigenvalue weighted by molar-refractivity contribution is 6.35. The average molecular weight is 308 g/mol.